The third-order valence-electron chi connectivity index (χ3n) is 4.95. The van der Waals surface area contributed by atoms with Gasteiger partial charge in [-0.15, -0.1) is 0 Å². The minimum atomic E-state index is -4.45. The number of alkyl halides is 3. The van der Waals surface area contributed by atoms with E-state index in [4.69, 9.17) is 9.15 Å². The molecule has 4 aromatic rings. The molecule has 0 aliphatic carbocycles. The molecule has 4 rings (SSSR count). The van der Waals surface area contributed by atoms with Gasteiger partial charge in [0.05, 0.1) is 18.2 Å². The largest absolute Gasteiger partial charge is 0.497 e. The highest BCUT2D eigenvalue weighted by molar-refractivity contribution is 5.88. The third kappa shape index (κ3) is 3.81. The smallest absolute Gasteiger partial charge is 0.416 e. The Morgan fingerprint density at radius 3 is 2.27 bits per heavy atom. The maximum absolute atomic E-state index is 13.0. The molecule has 3 nitrogen and oxygen atoms in total. The van der Waals surface area contributed by atoms with Crippen molar-refractivity contribution in [2.24, 2.45) is 0 Å². The number of benzene rings is 3. The Morgan fingerprint density at radius 2 is 1.63 bits per heavy atom. The molecule has 6 heteroatoms. The number of rotatable bonds is 4. The zero-order valence-corrected chi connectivity index (χ0v) is 16.0. The quantitative estimate of drug-likeness (QED) is 0.383. The predicted octanol–water partition coefficient (Wildman–Crippen LogP) is 6.08. The van der Waals surface area contributed by atoms with Crippen LogP contribution >= 0.6 is 0 Å². The second kappa shape index (κ2) is 7.71. The fourth-order valence-corrected chi connectivity index (χ4v) is 3.47. The topological polar surface area (TPSA) is 39.4 Å². The number of hydrogen-bond acceptors (Lipinski definition) is 3. The van der Waals surface area contributed by atoms with Crippen LogP contribution in [0, 0.1) is 0 Å². The van der Waals surface area contributed by atoms with Crippen LogP contribution in [-0.2, 0) is 12.6 Å². The van der Waals surface area contributed by atoms with E-state index in [1.165, 1.54) is 19.2 Å². The molecule has 0 radical (unpaired) electrons. The standard InChI is InChI=1S/C24H17F3O3/c1-29-18-11-12-19-20(13-15-5-3-2-4-6-15)22(23(28)30-21(19)14-18)16-7-9-17(10-8-16)24(25,26)27/h2-12,14H,13H2,1H3. The fraction of sp³-hybridized carbons (Fsp3) is 0.125. The zero-order valence-electron chi connectivity index (χ0n) is 16.0. The molecule has 0 amide bonds. The van der Waals surface area contributed by atoms with Crippen molar-refractivity contribution >= 4 is 11.0 Å². The van der Waals surface area contributed by atoms with Gasteiger partial charge in [-0.2, -0.15) is 13.2 Å². The number of hydrogen-bond donors (Lipinski definition) is 0. The molecule has 0 unspecified atom stereocenters. The van der Waals surface area contributed by atoms with Gasteiger partial charge >= 0.3 is 11.8 Å². The molecule has 0 atom stereocenters. The van der Waals surface area contributed by atoms with Crippen molar-refractivity contribution in [2.45, 2.75) is 12.6 Å². The average molecular weight is 410 g/mol. The lowest BCUT2D eigenvalue weighted by molar-refractivity contribution is -0.137. The highest BCUT2D eigenvalue weighted by Crippen LogP contribution is 2.34. The summed E-state index contributed by atoms with van der Waals surface area (Å²) in [6.45, 7) is 0. The van der Waals surface area contributed by atoms with Gasteiger partial charge in [-0.05, 0) is 47.4 Å². The van der Waals surface area contributed by atoms with Crippen LogP contribution in [0.5, 0.6) is 5.75 Å². The van der Waals surface area contributed by atoms with Gasteiger partial charge in [0, 0.05) is 11.5 Å². The maximum atomic E-state index is 13.0. The Kier molecular flexibility index (Phi) is 5.08. The Labute approximate surface area is 170 Å². The van der Waals surface area contributed by atoms with Gasteiger partial charge in [0.2, 0.25) is 0 Å². The molecule has 0 aliphatic heterocycles. The molecule has 1 aromatic heterocycles. The summed E-state index contributed by atoms with van der Waals surface area (Å²) < 4.78 is 49.6. The predicted molar refractivity (Wildman–Crippen MR) is 109 cm³/mol. The van der Waals surface area contributed by atoms with Crippen molar-refractivity contribution in [2.75, 3.05) is 7.11 Å². The first-order valence-electron chi connectivity index (χ1n) is 9.22. The normalized spacial score (nSPS) is 11.6. The molecule has 3 aromatic carbocycles. The first kappa shape index (κ1) is 19.8. The second-order valence-corrected chi connectivity index (χ2v) is 6.84. The Hall–Kier alpha value is -3.54. The molecule has 30 heavy (non-hydrogen) atoms. The molecule has 0 fully saturated rings. The Bertz CT molecular complexity index is 1240. The highest BCUT2D eigenvalue weighted by Gasteiger charge is 2.30. The number of halogens is 3. The number of ether oxygens (including phenoxy) is 1. The summed E-state index contributed by atoms with van der Waals surface area (Å²) in [4.78, 5) is 12.9. The van der Waals surface area contributed by atoms with Crippen molar-refractivity contribution in [3.63, 3.8) is 0 Å². The molecular weight excluding hydrogens is 393 g/mol. The van der Waals surface area contributed by atoms with Gasteiger partial charge in [0.15, 0.2) is 0 Å². The van der Waals surface area contributed by atoms with Crippen molar-refractivity contribution in [3.8, 4) is 16.9 Å². The molecule has 1 heterocycles. The first-order chi connectivity index (χ1) is 14.4. The lowest BCUT2D eigenvalue weighted by atomic mass is 9.93. The SMILES string of the molecule is COc1ccc2c(Cc3ccccc3)c(-c3ccc(C(F)(F)F)cc3)c(=O)oc2c1. The summed E-state index contributed by atoms with van der Waals surface area (Å²) in [7, 11) is 1.51. The third-order valence-corrected chi connectivity index (χ3v) is 4.95. The summed E-state index contributed by atoms with van der Waals surface area (Å²) >= 11 is 0. The van der Waals surface area contributed by atoms with Gasteiger partial charge in [0.1, 0.15) is 11.3 Å². The summed E-state index contributed by atoms with van der Waals surface area (Å²) in [5.41, 5.74) is 1.27. The van der Waals surface area contributed by atoms with E-state index in [2.05, 4.69) is 0 Å². The zero-order chi connectivity index (χ0) is 21.3. The van der Waals surface area contributed by atoms with E-state index in [9.17, 15) is 18.0 Å². The maximum Gasteiger partial charge on any atom is 0.416 e. The molecular formula is C24H17F3O3. The van der Waals surface area contributed by atoms with Gasteiger partial charge in [-0.3, -0.25) is 0 Å². The Balaban J connectivity index is 1.94. The van der Waals surface area contributed by atoms with Crippen molar-refractivity contribution in [1.82, 2.24) is 0 Å². The minimum absolute atomic E-state index is 0.255. The summed E-state index contributed by atoms with van der Waals surface area (Å²) in [6.07, 6.45) is -4.03. The molecule has 152 valence electrons. The molecule has 0 saturated carbocycles. The summed E-state index contributed by atoms with van der Waals surface area (Å²) in [5.74, 6) is 0.540. The van der Waals surface area contributed by atoms with E-state index in [1.54, 1.807) is 18.2 Å². The fourth-order valence-electron chi connectivity index (χ4n) is 3.47. The van der Waals surface area contributed by atoms with Crippen molar-refractivity contribution < 1.29 is 22.3 Å². The van der Waals surface area contributed by atoms with Gasteiger partial charge in [-0.25, -0.2) is 4.79 Å². The van der Waals surface area contributed by atoms with Crippen molar-refractivity contribution in [3.05, 3.63) is 99.9 Å². The Morgan fingerprint density at radius 1 is 0.933 bits per heavy atom. The number of fused-ring (bicyclic) bond motifs is 1. The molecule has 0 N–H and O–H groups in total. The van der Waals surface area contributed by atoms with Gasteiger partial charge in [0.25, 0.3) is 0 Å². The molecule has 0 spiro atoms. The van der Waals surface area contributed by atoms with Crippen LogP contribution in [0.15, 0.2) is 82.0 Å². The summed E-state index contributed by atoms with van der Waals surface area (Å²) in [5, 5.41) is 0.703. The lowest BCUT2D eigenvalue weighted by Crippen LogP contribution is -2.10. The molecule has 0 saturated heterocycles. The van der Waals surface area contributed by atoms with E-state index < -0.39 is 17.4 Å². The average Bonchev–Trinajstić information content (AvgIpc) is 2.73. The number of methoxy groups -OCH3 is 1. The minimum Gasteiger partial charge on any atom is -0.497 e. The second-order valence-electron chi connectivity index (χ2n) is 6.84. The van der Waals surface area contributed by atoms with Gasteiger partial charge < -0.3 is 9.15 Å². The van der Waals surface area contributed by atoms with Crippen LogP contribution in [0.1, 0.15) is 16.7 Å². The first-order valence-corrected chi connectivity index (χ1v) is 9.22. The van der Waals surface area contributed by atoms with E-state index in [1.807, 2.05) is 30.3 Å². The van der Waals surface area contributed by atoms with Crippen molar-refractivity contribution in [1.29, 1.82) is 0 Å². The van der Waals surface area contributed by atoms with Crippen LogP contribution in [0.25, 0.3) is 22.1 Å². The van der Waals surface area contributed by atoms with Crippen LogP contribution in [-0.4, -0.2) is 7.11 Å². The molecule has 0 bridgehead atoms. The van der Waals surface area contributed by atoms with Crippen LogP contribution < -0.4 is 10.4 Å². The van der Waals surface area contributed by atoms with Crippen LogP contribution in [0.3, 0.4) is 0 Å². The van der Waals surface area contributed by atoms with E-state index in [0.29, 0.717) is 34.3 Å². The summed E-state index contributed by atoms with van der Waals surface area (Å²) in [6, 6.07) is 19.3. The van der Waals surface area contributed by atoms with E-state index in [-0.39, 0.29) is 5.56 Å². The van der Waals surface area contributed by atoms with Crippen LogP contribution in [0.2, 0.25) is 0 Å². The monoisotopic (exact) mass is 410 g/mol. The van der Waals surface area contributed by atoms with E-state index >= 15 is 0 Å². The lowest BCUT2D eigenvalue weighted by Gasteiger charge is -2.14. The van der Waals surface area contributed by atoms with E-state index in [0.717, 1.165) is 17.7 Å². The van der Waals surface area contributed by atoms with Crippen LogP contribution in [0.4, 0.5) is 13.2 Å². The highest BCUT2D eigenvalue weighted by atomic mass is 19.4. The molecule has 0 aliphatic rings. The van der Waals surface area contributed by atoms with Gasteiger partial charge in [-0.1, -0.05) is 42.5 Å².